The Balaban J connectivity index is 2.02. The largest absolute Gasteiger partial charge is 0.480 e. The highest BCUT2D eigenvalue weighted by Gasteiger charge is 2.03. The lowest BCUT2D eigenvalue weighted by atomic mass is 10.2. The molecule has 0 unspecified atom stereocenters. The van der Waals surface area contributed by atoms with Crippen molar-refractivity contribution in [3.8, 4) is 18.1 Å². The summed E-state index contributed by atoms with van der Waals surface area (Å²) in [6, 6.07) is 13.5. The zero-order valence-electron chi connectivity index (χ0n) is 10.7. The Morgan fingerprint density at radius 3 is 2.75 bits per heavy atom. The fourth-order valence-electron chi connectivity index (χ4n) is 1.69. The third-order valence-electron chi connectivity index (χ3n) is 2.66. The van der Waals surface area contributed by atoms with E-state index in [1.807, 2.05) is 42.5 Å². The lowest BCUT2D eigenvalue weighted by Gasteiger charge is -2.10. The Bertz CT molecular complexity index is 637. The highest BCUT2D eigenvalue weighted by atomic mass is 79.9. The van der Waals surface area contributed by atoms with Crippen molar-refractivity contribution in [2.75, 3.05) is 11.9 Å². The number of anilines is 1. The molecule has 0 saturated heterocycles. The van der Waals surface area contributed by atoms with E-state index in [2.05, 4.69) is 27.2 Å². The molecule has 2 aromatic carbocycles. The van der Waals surface area contributed by atoms with Gasteiger partial charge in [-0.05, 0) is 45.8 Å². The smallest absolute Gasteiger partial charge is 0.148 e. The highest BCUT2D eigenvalue weighted by molar-refractivity contribution is 9.10. The van der Waals surface area contributed by atoms with Crippen molar-refractivity contribution in [2.45, 2.75) is 6.54 Å². The molecule has 0 atom stereocenters. The zero-order valence-corrected chi connectivity index (χ0v) is 13.0. The SMILES string of the molecule is C#CCOc1ccc(CNc2ccccc2Cl)cc1Br. The van der Waals surface area contributed by atoms with E-state index >= 15 is 0 Å². The third-order valence-corrected chi connectivity index (χ3v) is 3.61. The van der Waals surface area contributed by atoms with Crippen LogP contribution < -0.4 is 10.1 Å². The summed E-state index contributed by atoms with van der Waals surface area (Å²) < 4.78 is 6.28. The Labute approximate surface area is 132 Å². The van der Waals surface area contributed by atoms with Crippen molar-refractivity contribution in [1.29, 1.82) is 0 Å². The summed E-state index contributed by atoms with van der Waals surface area (Å²) >= 11 is 9.56. The number of benzene rings is 2. The van der Waals surface area contributed by atoms with E-state index in [1.165, 1.54) is 0 Å². The minimum Gasteiger partial charge on any atom is -0.480 e. The predicted molar refractivity (Wildman–Crippen MR) is 87.2 cm³/mol. The molecular formula is C16H13BrClNO. The van der Waals surface area contributed by atoms with Crippen molar-refractivity contribution in [3.63, 3.8) is 0 Å². The van der Waals surface area contributed by atoms with Crippen molar-refractivity contribution in [3.05, 3.63) is 57.5 Å². The molecule has 0 saturated carbocycles. The molecule has 0 aromatic heterocycles. The lowest BCUT2D eigenvalue weighted by molar-refractivity contribution is 0.368. The number of hydrogen-bond donors (Lipinski definition) is 1. The summed E-state index contributed by atoms with van der Waals surface area (Å²) in [5.41, 5.74) is 2.03. The molecule has 2 aromatic rings. The standard InChI is InChI=1S/C16H13BrClNO/c1-2-9-20-16-8-7-12(10-13(16)17)11-19-15-6-4-3-5-14(15)18/h1,3-8,10,19H,9,11H2. The van der Waals surface area contributed by atoms with Crippen LogP contribution in [-0.2, 0) is 6.54 Å². The van der Waals surface area contributed by atoms with Crippen LogP contribution in [0, 0.1) is 12.3 Å². The minimum absolute atomic E-state index is 0.260. The van der Waals surface area contributed by atoms with E-state index in [0.717, 1.165) is 21.5 Å². The van der Waals surface area contributed by atoms with Crippen LogP contribution in [0.2, 0.25) is 5.02 Å². The molecule has 0 bridgehead atoms. The van der Waals surface area contributed by atoms with Crippen LogP contribution in [0.1, 0.15) is 5.56 Å². The van der Waals surface area contributed by atoms with Crippen LogP contribution in [-0.4, -0.2) is 6.61 Å². The molecule has 0 aliphatic heterocycles. The molecule has 1 N–H and O–H groups in total. The molecule has 0 radical (unpaired) electrons. The number of terminal acetylenes is 1. The van der Waals surface area contributed by atoms with Gasteiger partial charge < -0.3 is 10.1 Å². The van der Waals surface area contributed by atoms with E-state index in [1.54, 1.807) is 0 Å². The van der Waals surface area contributed by atoms with Crippen LogP contribution in [0.4, 0.5) is 5.69 Å². The molecule has 4 heteroatoms. The zero-order chi connectivity index (χ0) is 14.4. The van der Waals surface area contributed by atoms with Crippen molar-refractivity contribution >= 4 is 33.2 Å². The molecule has 2 rings (SSSR count). The second-order valence-electron chi connectivity index (χ2n) is 4.09. The molecule has 0 fully saturated rings. The molecule has 102 valence electrons. The molecule has 0 amide bonds. The number of rotatable bonds is 5. The van der Waals surface area contributed by atoms with Gasteiger partial charge in [-0.1, -0.05) is 35.7 Å². The molecule has 0 heterocycles. The van der Waals surface area contributed by atoms with Crippen LogP contribution in [0.5, 0.6) is 5.75 Å². The second kappa shape index (κ2) is 7.23. The van der Waals surface area contributed by atoms with Gasteiger partial charge in [0.15, 0.2) is 0 Å². The van der Waals surface area contributed by atoms with E-state index in [-0.39, 0.29) is 6.61 Å². The first kappa shape index (κ1) is 14.8. The summed E-state index contributed by atoms with van der Waals surface area (Å²) in [7, 11) is 0. The van der Waals surface area contributed by atoms with Gasteiger partial charge in [-0.15, -0.1) is 6.42 Å². The average Bonchev–Trinajstić information content (AvgIpc) is 2.45. The maximum atomic E-state index is 6.09. The van der Waals surface area contributed by atoms with Crippen LogP contribution in [0.25, 0.3) is 0 Å². The van der Waals surface area contributed by atoms with Crippen molar-refractivity contribution in [1.82, 2.24) is 0 Å². The second-order valence-corrected chi connectivity index (χ2v) is 5.35. The fraction of sp³-hybridized carbons (Fsp3) is 0.125. The summed E-state index contributed by atoms with van der Waals surface area (Å²) in [5, 5.41) is 4.00. The van der Waals surface area contributed by atoms with Crippen LogP contribution in [0.15, 0.2) is 46.9 Å². The molecule has 0 aliphatic rings. The maximum Gasteiger partial charge on any atom is 0.148 e. The summed E-state index contributed by atoms with van der Waals surface area (Å²) in [4.78, 5) is 0. The number of para-hydroxylation sites is 1. The van der Waals surface area contributed by atoms with Gasteiger partial charge in [-0.2, -0.15) is 0 Å². The minimum atomic E-state index is 0.260. The number of ether oxygens (including phenoxy) is 1. The summed E-state index contributed by atoms with van der Waals surface area (Å²) in [6.07, 6.45) is 5.17. The number of halogens is 2. The van der Waals surface area contributed by atoms with Crippen molar-refractivity contribution in [2.24, 2.45) is 0 Å². The molecule has 0 spiro atoms. The van der Waals surface area contributed by atoms with Gasteiger partial charge in [-0.3, -0.25) is 0 Å². The van der Waals surface area contributed by atoms with Gasteiger partial charge in [-0.25, -0.2) is 0 Å². The first-order chi connectivity index (χ1) is 9.70. The van der Waals surface area contributed by atoms with Crippen molar-refractivity contribution < 1.29 is 4.74 Å². The van der Waals surface area contributed by atoms with Crippen LogP contribution in [0.3, 0.4) is 0 Å². The molecular weight excluding hydrogens is 338 g/mol. The lowest BCUT2D eigenvalue weighted by Crippen LogP contribution is -2.01. The van der Waals surface area contributed by atoms with Gasteiger partial charge in [0, 0.05) is 6.54 Å². The summed E-state index contributed by atoms with van der Waals surface area (Å²) in [6.45, 7) is 0.938. The average molecular weight is 351 g/mol. The van der Waals surface area contributed by atoms with Gasteiger partial charge in [0.05, 0.1) is 15.2 Å². The Morgan fingerprint density at radius 2 is 2.05 bits per heavy atom. The highest BCUT2D eigenvalue weighted by Crippen LogP contribution is 2.27. The fourth-order valence-corrected chi connectivity index (χ4v) is 2.44. The normalized spacial score (nSPS) is 9.85. The van der Waals surface area contributed by atoms with Crippen LogP contribution >= 0.6 is 27.5 Å². The predicted octanol–water partition coefficient (Wildman–Crippen LogP) is 4.73. The number of nitrogens with one attached hydrogen (secondary N) is 1. The third kappa shape index (κ3) is 3.93. The first-order valence-corrected chi connectivity index (χ1v) is 7.21. The van der Waals surface area contributed by atoms with E-state index in [9.17, 15) is 0 Å². The van der Waals surface area contributed by atoms with Gasteiger partial charge >= 0.3 is 0 Å². The molecule has 0 aliphatic carbocycles. The quantitative estimate of drug-likeness (QED) is 0.787. The van der Waals surface area contributed by atoms with E-state index < -0.39 is 0 Å². The van der Waals surface area contributed by atoms with E-state index in [4.69, 9.17) is 22.8 Å². The van der Waals surface area contributed by atoms with Gasteiger partial charge in [0.25, 0.3) is 0 Å². The maximum absolute atomic E-state index is 6.09. The summed E-state index contributed by atoms with van der Waals surface area (Å²) in [5.74, 6) is 3.18. The number of hydrogen-bond acceptors (Lipinski definition) is 2. The monoisotopic (exact) mass is 349 g/mol. The topological polar surface area (TPSA) is 21.3 Å². The van der Waals surface area contributed by atoms with Gasteiger partial charge in [0.1, 0.15) is 12.4 Å². The van der Waals surface area contributed by atoms with E-state index in [0.29, 0.717) is 11.6 Å². The Morgan fingerprint density at radius 1 is 1.25 bits per heavy atom. The Kier molecular flexibility index (Phi) is 5.34. The van der Waals surface area contributed by atoms with Gasteiger partial charge in [0.2, 0.25) is 0 Å². The first-order valence-electron chi connectivity index (χ1n) is 6.04. The molecule has 20 heavy (non-hydrogen) atoms. The Hall–Kier alpha value is -1.63. The molecule has 2 nitrogen and oxygen atoms in total.